The standard InChI is InChI=1S/C22H16F2N2O2/c23-18-8-7-17(13-19(18)24)28-21(14-4-2-1-3-5-14)22(27)26-16-6-9-20-15(12-16)10-11-25-20/h1-13,21,25H,(H,26,27). The Balaban J connectivity index is 1.62. The van der Waals surface area contributed by atoms with Gasteiger partial charge in [0.1, 0.15) is 5.75 Å². The molecule has 1 aromatic heterocycles. The van der Waals surface area contributed by atoms with Gasteiger partial charge in [0.25, 0.3) is 5.91 Å². The van der Waals surface area contributed by atoms with E-state index in [0.29, 0.717) is 11.3 Å². The first kappa shape index (κ1) is 17.7. The summed E-state index contributed by atoms with van der Waals surface area (Å²) in [5.41, 5.74) is 2.15. The third-order valence-corrected chi connectivity index (χ3v) is 4.31. The predicted octanol–water partition coefficient (Wildman–Crippen LogP) is 5.20. The average Bonchev–Trinajstić information content (AvgIpc) is 3.17. The van der Waals surface area contributed by atoms with Gasteiger partial charge < -0.3 is 15.0 Å². The lowest BCUT2D eigenvalue weighted by atomic mass is 10.1. The maximum Gasteiger partial charge on any atom is 0.270 e. The Morgan fingerprint density at radius 2 is 1.75 bits per heavy atom. The summed E-state index contributed by atoms with van der Waals surface area (Å²) < 4.78 is 32.5. The number of halogens is 2. The fraction of sp³-hybridized carbons (Fsp3) is 0.0455. The van der Waals surface area contributed by atoms with Crippen LogP contribution in [0, 0.1) is 11.6 Å². The molecule has 0 saturated carbocycles. The largest absolute Gasteiger partial charge is 0.476 e. The van der Waals surface area contributed by atoms with Gasteiger partial charge in [-0.15, -0.1) is 0 Å². The lowest BCUT2D eigenvalue weighted by Crippen LogP contribution is -2.25. The van der Waals surface area contributed by atoms with Crippen LogP contribution in [0.25, 0.3) is 10.9 Å². The van der Waals surface area contributed by atoms with Crippen molar-refractivity contribution < 1.29 is 18.3 Å². The molecule has 0 aliphatic carbocycles. The van der Waals surface area contributed by atoms with E-state index in [0.717, 1.165) is 23.0 Å². The summed E-state index contributed by atoms with van der Waals surface area (Å²) in [5, 5.41) is 3.78. The van der Waals surface area contributed by atoms with Gasteiger partial charge in [-0.2, -0.15) is 0 Å². The van der Waals surface area contributed by atoms with E-state index in [9.17, 15) is 13.6 Å². The second-order valence-corrected chi connectivity index (χ2v) is 6.25. The van der Waals surface area contributed by atoms with Crippen LogP contribution >= 0.6 is 0 Å². The summed E-state index contributed by atoms with van der Waals surface area (Å²) in [4.78, 5) is 16.0. The molecule has 0 aliphatic rings. The Hall–Kier alpha value is -3.67. The smallest absolute Gasteiger partial charge is 0.270 e. The summed E-state index contributed by atoms with van der Waals surface area (Å²) >= 11 is 0. The van der Waals surface area contributed by atoms with Crippen LogP contribution in [-0.2, 0) is 4.79 Å². The summed E-state index contributed by atoms with van der Waals surface area (Å²) in [5.74, 6) is -2.38. The zero-order chi connectivity index (χ0) is 19.5. The first-order chi connectivity index (χ1) is 13.6. The summed E-state index contributed by atoms with van der Waals surface area (Å²) in [6.07, 6.45) is 0.780. The highest BCUT2D eigenvalue weighted by Crippen LogP contribution is 2.26. The number of rotatable bonds is 5. The van der Waals surface area contributed by atoms with Crippen LogP contribution < -0.4 is 10.1 Å². The van der Waals surface area contributed by atoms with E-state index in [1.54, 1.807) is 30.3 Å². The molecule has 0 radical (unpaired) electrons. The second-order valence-electron chi connectivity index (χ2n) is 6.25. The number of amides is 1. The molecular formula is C22H16F2N2O2. The van der Waals surface area contributed by atoms with E-state index in [1.807, 2.05) is 30.5 Å². The number of benzene rings is 3. The maximum absolute atomic E-state index is 13.5. The third-order valence-electron chi connectivity index (χ3n) is 4.31. The van der Waals surface area contributed by atoms with E-state index >= 15 is 0 Å². The van der Waals surface area contributed by atoms with Gasteiger partial charge in [0.05, 0.1) is 0 Å². The number of carbonyl (C=O) groups excluding carboxylic acids is 1. The summed E-state index contributed by atoms with van der Waals surface area (Å²) in [6.45, 7) is 0. The number of hydrogen-bond donors (Lipinski definition) is 2. The first-order valence-corrected chi connectivity index (χ1v) is 8.65. The van der Waals surface area contributed by atoms with Gasteiger partial charge in [-0.1, -0.05) is 30.3 Å². The highest BCUT2D eigenvalue weighted by Gasteiger charge is 2.23. The molecule has 4 aromatic rings. The molecule has 3 aromatic carbocycles. The van der Waals surface area contributed by atoms with E-state index in [1.165, 1.54) is 6.07 Å². The Kier molecular flexibility index (Phi) is 4.76. The molecule has 1 amide bonds. The number of aromatic amines is 1. The zero-order valence-corrected chi connectivity index (χ0v) is 14.7. The lowest BCUT2D eigenvalue weighted by Gasteiger charge is -2.19. The number of hydrogen-bond acceptors (Lipinski definition) is 2. The van der Waals surface area contributed by atoms with Crippen molar-refractivity contribution >= 4 is 22.5 Å². The minimum atomic E-state index is -1.04. The van der Waals surface area contributed by atoms with Gasteiger partial charge in [-0.05, 0) is 36.4 Å². The van der Waals surface area contributed by atoms with Crippen molar-refractivity contribution in [2.24, 2.45) is 0 Å². The average molecular weight is 378 g/mol. The fourth-order valence-electron chi connectivity index (χ4n) is 2.93. The number of fused-ring (bicyclic) bond motifs is 1. The van der Waals surface area contributed by atoms with Crippen molar-refractivity contribution in [3.8, 4) is 5.75 Å². The van der Waals surface area contributed by atoms with E-state index in [-0.39, 0.29) is 5.75 Å². The van der Waals surface area contributed by atoms with Crippen LogP contribution in [0.5, 0.6) is 5.75 Å². The predicted molar refractivity (Wildman–Crippen MR) is 103 cm³/mol. The molecule has 140 valence electrons. The number of H-pyrrole nitrogens is 1. The minimum Gasteiger partial charge on any atom is -0.476 e. The number of anilines is 1. The molecule has 0 spiro atoms. The van der Waals surface area contributed by atoms with Gasteiger partial charge in [0, 0.05) is 34.4 Å². The van der Waals surface area contributed by atoms with Crippen molar-refractivity contribution in [3.05, 3.63) is 96.2 Å². The van der Waals surface area contributed by atoms with Crippen molar-refractivity contribution in [1.82, 2.24) is 4.98 Å². The molecule has 1 unspecified atom stereocenters. The number of aromatic nitrogens is 1. The molecule has 0 aliphatic heterocycles. The van der Waals surface area contributed by atoms with E-state index in [2.05, 4.69) is 10.3 Å². The molecule has 0 fully saturated rings. The van der Waals surface area contributed by atoms with Gasteiger partial charge >= 0.3 is 0 Å². The van der Waals surface area contributed by atoms with Crippen LogP contribution in [0.3, 0.4) is 0 Å². The Labute approximate surface area is 159 Å². The maximum atomic E-state index is 13.5. The Bertz CT molecular complexity index is 1130. The molecular weight excluding hydrogens is 362 g/mol. The second kappa shape index (κ2) is 7.52. The molecule has 0 bridgehead atoms. The fourth-order valence-corrected chi connectivity index (χ4v) is 2.93. The molecule has 4 rings (SSSR count). The van der Waals surface area contributed by atoms with Crippen LogP contribution in [0.2, 0.25) is 0 Å². The Morgan fingerprint density at radius 3 is 2.54 bits per heavy atom. The molecule has 1 heterocycles. The van der Waals surface area contributed by atoms with Gasteiger partial charge in [0.2, 0.25) is 6.10 Å². The third kappa shape index (κ3) is 3.71. The molecule has 4 nitrogen and oxygen atoms in total. The molecule has 6 heteroatoms. The number of carbonyl (C=O) groups is 1. The van der Waals surface area contributed by atoms with Gasteiger partial charge in [-0.3, -0.25) is 4.79 Å². The van der Waals surface area contributed by atoms with Crippen molar-refractivity contribution in [2.45, 2.75) is 6.10 Å². The van der Waals surface area contributed by atoms with Crippen molar-refractivity contribution in [1.29, 1.82) is 0 Å². The first-order valence-electron chi connectivity index (χ1n) is 8.65. The van der Waals surface area contributed by atoms with Crippen molar-refractivity contribution in [3.63, 3.8) is 0 Å². The van der Waals surface area contributed by atoms with Gasteiger partial charge in [-0.25, -0.2) is 8.78 Å². The molecule has 2 N–H and O–H groups in total. The minimum absolute atomic E-state index is 0.0592. The normalized spacial score (nSPS) is 11.9. The van der Waals surface area contributed by atoms with E-state index in [4.69, 9.17) is 4.74 Å². The summed E-state index contributed by atoms with van der Waals surface area (Å²) in [6, 6.07) is 19.4. The van der Waals surface area contributed by atoms with Crippen LogP contribution in [0.1, 0.15) is 11.7 Å². The highest BCUT2D eigenvalue weighted by atomic mass is 19.2. The van der Waals surface area contributed by atoms with Crippen LogP contribution in [0.4, 0.5) is 14.5 Å². The topological polar surface area (TPSA) is 54.1 Å². The highest BCUT2D eigenvalue weighted by molar-refractivity contribution is 5.97. The van der Waals surface area contributed by atoms with E-state index < -0.39 is 23.6 Å². The molecule has 28 heavy (non-hydrogen) atoms. The van der Waals surface area contributed by atoms with Gasteiger partial charge in [0.15, 0.2) is 11.6 Å². The van der Waals surface area contributed by atoms with Crippen LogP contribution in [0.15, 0.2) is 79.0 Å². The summed E-state index contributed by atoms with van der Waals surface area (Å²) in [7, 11) is 0. The number of nitrogens with one attached hydrogen (secondary N) is 2. The van der Waals surface area contributed by atoms with Crippen molar-refractivity contribution in [2.75, 3.05) is 5.32 Å². The molecule has 1 atom stereocenters. The SMILES string of the molecule is O=C(Nc1ccc2[nH]ccc2c1)C(Oc1ccc(F)c(F)c1)c1ccccc1. The lowest BCUT2D eigenvalue weighted by molar-refractivity contribution is -0.123. The Morgan fingerprint density at radius 1 is 0.929 bits per heavy atom. The van der Waals surface area contributed by atoms with Crippen LogP contribution in [-0.4, -0.2) is 10.9 Å². The zero-order valence-electron chi connectivity index (χ0n) is 14.7. The number of ether oxygens (including phenoxy) is 1. The monoisotopic (exact) mass is 378 g/mol. The quantitative estimate of drug-likeness (QED) is 0.501. The molecule has 0 saturated heterocycles.